The van der Waals surface area contributed by atoms with Crippen molar-refractivity contribution in [2.24, 2.45) is 0 Å². The van der Waals surface area contributed by atoms with Crippen LogP contribution in [0.4, 0.5) is 11.4 Å². The SMILES string of the molecule is Cc1csc(CCCNc2ccc([N+](=O)[O-])c(S(C)(=O)=O)c2)n1. The zero-order valence-electron chi connectivity index (χ0n) is 12.8. The van der Waals surface area contributed by atoms with Crippen molar-refractivity contribution in [3.05, 3.63) is 44.4 Å². The molecule has 0 aliphatic carbocycles. The number of nitrogens with one attached hydrogen (secondary N) is 1. The maximum absolute atomic E-state index is 11.7. The Morgan fingerprint density at radius 2 is 2.13 bits per heavy atom. The van der Waals surface area contributed by atoms with Crippen molar-refractivity contribution in [3.8, 4) is 0 Å². The number of aryl methyl sites for hydroxylation is 2. The summed E-state index contributed by atoms with van der Waals surface area (Å²) in [7, 11) is -3.66. The molecule has 0 aliphatic heterocycles. The quantitative estimate of drug-likeness (QED) is 0.465. The number of anilines is 1. The highest BCUT2D eigenvalue weighted by atomic mass is 32.2. The number of nitrogens with zero attached hydrogens (tertiary/aromatic N) is 2. The standard InChI is InChI=1S/C14H17N3O4S2/c1-10-9-22-14(16-10)4-3-7-15-11-5-6-12(17(18)19)13(8-11)23(2,20)21/h5-6,8-9,15H,3-4,7H2,1-2H3. The summed E-state index contributed by atoms with van der Waals surface area (Å²) in [4.78, 5) is 14.3. The van der Waals surface area contributed by atoms with Gasteiger partial charge in [-0.15, -0.1) is 11.3 Å². The van der Waals surface area contributed by atoms with Crippen molar-refractivity contribution < 1.29 is 13.3 Å². The minimum absolute atomic E-state index is 0.275. The van der Waals surface area contributed by atoms with E-state index in [0.29, 0.717) is 12.2 Å². The Balaban J connectivity index is 2.02. The fraction of sp³-hybridized carbons (Fsp3) is 0.357. The molecule has 1 aromatic carbocycles. The average Bonchev–Trinajstić information content (AvgIpc) is 2.88. The molecule has 9 heteroatoms. The van der Waals surface area contributed by atoms with Crippen molar-refractivity contribution in [3.63, 3.8) is 0 Å². The highest BCUT2D eigenvalue weighted by Gasteiger charge is 2.22. The first kappa shape index (κ1) is 17.4. The zero-order chi connectivity index (χ0) is 17.0. The molecule has 0 bridgehead atoms. The van der Waals surface area contributed by atoms with E-state index in [-0.39, 0.29) is 4.90 Å². The second-order valence-corrected chi connectivity index (χ2v) is 8.05. The second-order valence-electron chi connectivity index (χ2n) is 5.12. The van der Waals surface area contributed by atoms with E-state index in [2.05, 4.69) is 10.3 Å². The fourth-order valence-corrected chi connectivity index (χ4v) is 3.74. The van der Waals surface area contributed by atoms with Crippen LogP contribution < -0.4 is 5.32 Å². The smallest absolute Gasteiger partial charge is 0.288 e. The predicted molar refractivity (Wildman–Crippen MR) is 89.9 cm³/mol. The van der Waals surface area contributed by atoms with Gasteiger partial charge in [0, 0.05) is 42.0 Å². The van der Waals surface area contributed by atoms with Gasteiger partial charge in [0.25, 0.3) is 5.69 Å². The van der Waals surface area contributed by atoms with Crippen LogP contribution in [-0.4, -0.2) is 31.1 Å². The summed E-state index contributed by atoms with van der Waals surface area (Å²) in [5, 5.41) is 17.1. The Morgan fingerprint density at radius 3 is 2.70 bits per heavy atom. The van der Waals surface area contributed by atoms with Crippen LogP contribution in [0.1, 0.15) is 17.1 Å². The van der Waals surface area contributed by atoms with Crippen LogP contribution in [0.2, 0.25) is 0 Å². The van der Waals surface area contributed by atoms with E-state index < -0.39 is 20.4 Å². The van der Waals surface area contributed by atoms with Gasteiger partial charge in [0.1, 0.15) is 4.90 Å². The third kappa shape index (κ3) is 4.73. The molecule has 0 saturated heterocycles. The summed E-state index contributed by atoms with van der Waals surface area (Å²) < 4.78 is 23.4. The van der Waals surface area contributed by atoms with Crippen LogP contribution in [0.5, 0.6) is 0 Å². The van der Waals surface area contributed by atoms with Gasteiger partial charge in [-0.3, -0.25) is 10.1 Å². The number of rotatable bonds is 7. The monoisotopic (exact) mass is 355 g/mol. The lowest BCUT2D eigenvalue weighted by Gasteiger charge is -2.08. The molecule has 2 aromatic rings. The minimum Gasteiger partial charge on any atom is -0.385 e. The lowest BCUT2D eigenvalue weighted by Crippen LogP contribution is -2.06. The van der Waals surface area contributed by atoms with E-state index in [1.807, 2.05) is 12.3 Å². The first-order valence-corrected chi connectivity index (χ1v) is 9.68. The molecule has 2 rings (SSSR count). The molecule has 0 saturated carbocycles. The zero-order valence-corrected chi connectivity index (χ0v) is 14.4. The van der Waals surface area contributed by atoms with E-state index in [0.717, 1.165) is 29.8 Å². The Morgan fingerprint density at radius 1 is 1.39 bits per heavy atom. The molecule has 0 unspecified atom stereocenters. The summed E-state index contributed by atoms with van der Waals surface area (Å²) in [6, 6.07) is 4.03. The van der Waals surface area contributed by atoms with E-state index in [9.17, 15) is 18.5 Å². The summed E-state index contributed by atoms with van der Waals surface area (Å²) in [5.41, 5.74) is 1.15. The lowest BCUT2D eigenvalue weighted by molar-refractivity contribution is -0.387. The maximum Gasteiger partial charge on any atom is 0.288 e. The Kier molecular flexibility index (Phi) is 5.32. The molecule has 1 heterocycles. The average molecular weight is 355 g/mol. The number of benzene rings is 1. The molecule has 1 N–H and O–H groups in total. The van der Waals surface area contributed by atoms with E-state index in [4.69, 9.17) is 0 Å². The molecule has 0 atom stereocenters. The van der Waals surface area contributed by atoms with Gasteiger partial charge in [-0.25, -0.2) is 13.4 Å². The maximum atomic E-state index is 11.7. The summed E-state index contributed by atoms with van der Waals surface area (Å²) in [6.07, 6.45) is 2.62. The first-order chi connectivity index (χ1) is 10.8. The van der Waals surface area contributed by atoms with Crippen molar-refractivity contribution >= 4 is 32.5 Å². The molecule has 0 amide bonds. The Bertz CT molecular complexity index is 815. The van der Waals surface area contributed by atoms with Gasteiger partial charge in [-0.2, -0.15) is 0 Å². The van der Waals surface area contributed by atoms with Crippen LogP contribution in [0, 0.1) is 17.0 Å². The molecule has 1 aromatic heterocycles. The minimum atomic E-state index is -3.66. The number of hydrogen-bond acceptors (Lipinski definition) is 7. The molecule has 0 fully saturated rings. The van der Waals surface area contributed by atoms with Crippen molar-refractivity contribution in [2.45, 2.75) is 24.7 Å². The molecular formula is C14H17N3O4S2. The molecule has 0 aliphatic rings. The molecular weight excluding hydrogens is 338 g/mol. The van der Waals surface area contributed by atoms with Crippen molar-refractivity contribution in [1.82, 2.24) is 4.98 Å². The van der Waals surface area contributed by atoms with Gasteiger partial charge in [0.15, 0.2) is 9.84 Å². The van der Waals surface area contributed by atoms with Gasteiger partial charge < -0.3 is 5.32 Å². The van der Waals surface area contributed by atoms with Crippen LogP contribution in [0.25, 0.3) is 0 Å². The normalized spacial score (nSPS) is 11.4. The first-order valence-electron chi connectivity index (χ1n) is 6.91. The van der Waals surface area contributed by atoms with E-state index in [1.165, 1.54) is 18.2 Å². The van der Waals surface area contributed by atoms with Gasteiger partial charge in [-0.05, 0) is 25.5 Å². The second kappa shape index (κ2) is 7.05. The summed E-state index contributed by atoms with van der Waals surface area (Å²) in [5.74, 6) is 0. The van der Waals surface area contributed by atoms with Gasteiger partial charge in [0.05, 0.1) is 9.93 Å². The van der Waals surface area contributed by atoms with Crippen molar-refractivity contribution in [2.75, 3.05) is 18.1 Å². The largest absolute Gasteiger partial charge is 0.385 e. The number of thiazole rings is 1. The number of sulfone groups is 1. The van der Waals surface area contributed by atoms with Gasteiger partial charge in [0.2, 0.25) is 0 Å². The van der Waals surface area contributed by atoms with Crippen molar-refractivity contribution in [1.29, 1.82) is 0 Å². The summed E-state index contributed by atoms with van der Waals surface area (Å²) in [6.45, 7) is 2.57. The van der Waals surface area contributed by atoms with E-state index >= 15 is 0 Å². The number of aromatic nitrogens is 1. The van der Waals surface area contributed by atoms with Crippen LogP contribution in [0.3, 0.4) is 0 Å². The topological polar surface area (TPSA) is 102 Å². The Labute approximate surface area is 138 Å². The molecule has 23 heavy (non-hydrogen) atoms. The van der Waals surface area contributed by atoms with Gasteiger partial charge in [-0.1, -0.05) is 0 Å². The number of nitro groups is 1. The highest BCUT2D eigenvalue weighted by Crippen LogP contribution is 2.27. The molecule has 124 valence electrons. The fourth-order valence-electron chi connectivity index (χ4n) is 2.06. The summed E-state index contributed by atoms with van der Waals surface area (Å²) >= 11 is 1.61. The molecule has 0 spiro atoms. The molecule has 7 nitrogen and oxygen atoms in total. The number of nitro benzene ring substituents is 1. The van der Waals surface area contributed by atoms with Crippen LogP contribution in [0.15, 0.2) is 28.5 Å². The molecule has 0 radical (unpaired) electrons. The third-order valence-electron chi connectivity index (χ3n) is 3.12. The van der Waals surface area contributed by atoms with E-state index in [1.54, 1.807) is 11.3 Å². The highest BCUT2D eigenvalue weighted by molar-refractivity contribution is 7.90. The number of hydrogen-bond donors (Lipinski definition) is 1. The Hall–Kier alpha value is -2.00. The van der Waals surface area contributed by atoms with Gasteiger partial charge >= 0.3 is 0 Å². The van der Waals surface area contributed by atoms with Crippen LogP contribution >= 0.6 is 11.3 Å². The lowest BCUT2D eigenvalue weighted by atomic mass is 10.2. The predicted octanol–water partition coefficient (Wildman–Crippen LogP) is 2.81. The third-order valence-corrected chi connectivity index (χ3v) is 5.27. The van der Waals surface area contributed by atoms with Crippen LogP contribution in [-0.2, 0) is 16.3 Å².